The molecule has 114 valence electrons. The van der Waals surface area contributed by atoms with Gasteiger partial charge < -0.3 is 19.4 Å². The lowest BCUT2D eigenvalue weighted by Crippen LogP contribution is -2.36. The van der Waals surface area contributed by atoms with Crippen molar-refractivity contribution < 1.29 is 24.2 Å². The van der Waals surface area contributed by atoms with Crippen LogP contribution in [-0.2, 0) is 4.79 Å². The summed E-state index contributed by atoms with van der Waals surface area (Å²) in [6.07, 6.45) is 0. The fourth-order valence-electron chi connectivity index (χ4n) is 1.03. The van der Waals surface area contributed by atoms with Gasteiger partial charge in [0, 0.05) is 5.02 Å². The van der Waals surface area contributed by atoms with Crippen molar-refractivity contribution in [3.05, 3.63) is 28.2 Å². The molecule has 0 fully saturated rings. The number of carboxylic acid groups (broad SMARTS) is 1. The summed E-state index contributed by atoms with van der Waals surface area (Å²) in [5, 5.41) is 17.5. The molecule has 0 aliphatic rings. The molecule has 0 aromatic heterocycles. The zero-order valence-corrected chi connectivity index (χ0v) is 13.3. The van der Waals surface area contributed by atoms with Gasteiger partial charge in [-0.1, -0.05) is 23.2 Å². The highest BCUT2D eigenvalue weighted by molar-refractivity contribution is 6.35. The lowest BCUT2D eigenvalue weighted by atomic mass is 10.3. The second kappa shape index (κ2) is 9.02. The van der Waals surface area contributed by atoms with Crippen LogP contribution in [-0.4, -0.2) is 61.6 Å². The summed E-state index contributed by atoms with van der Waals surface area (Å²) in [7, 11) is 6.16. The Kier molecular flexibility index (Phi) is 8.57. The van der Waals surface area contributed by atoms with Gasteiger partial charge in [-0.05, 0) is 18.2 Å². The Labute approximate surface area is 128 Å². The first kappa shape index (κ1) is 19.0. The highest BCUT2D eigenvalue weighted by Gasteiger charge is 2.04. The van der Waals surface area contributed by atoms with Gasteiger partial charge in [0.25, 0.3) is 0 Å². The van der Waals surface area contributed by atoms with E-state index in [4.69, 9.17) is 38.2 Å². The van der Waals surface area contributed by atoms with Crippen molar-refractivity contribution in [2.75, 3.05) is 40.9 Å². The molecule has 0 radical (unpaired) electrons. The molecule has 0 aliphatic heterocycles. The van der Waals surface area contributed by atoms with Crippen LogP contribution in [0.5, 0.6) is 5.75 Å². The molecule has 1 aromatic rings. The van der Waals surface area contributed by atoms with Crippen LogP contribution in [0.15, 0.2) is 18.2 Å². The summed E-state index contributed by atoms with van der Waals surface area (Å²) >= 11 is 11.3. The minimum atomic E-state index is -1.05. The number of nitrogens with zero attached hydrogens (tertiary/aromatic N) is 1. The highest BCUT2D eigenvalue weighted by Crippen LogP contribution is 2.27. The van der Waals surface area contributed by atoms with Crippen molar-refractivity contribution in [2.24, 2.45) is 0 Å². The number of rotatable bonds is 5. The molecule has 5 nitrogen and oxygen atoms in total. The molecule has 20 heavy (non-hydrogen) atoms. The van der Waals surface area contributed by atoms with E-state index in [-0.39, 0.29) is 6.61 Å². The number of likely N-dealkylation sites (N-methyl/N-ethyl adjacent to an activating group) is 1. The number of carbonyl (C=O) groups is 1. The average Bonchev–Trinajstić information content (AvgIpc) is 2.26. The Morgan fingerprint density at radius 1 is 1.30 bits per heavy atom. The lowest BCUT2D eigenvalue weighted by Gasteiger charge is -2.21. The molecular weight excluding hydrogens is 305 g/mol. The Morgan fingerprint density at radius 3 is 2.25 bits per heavy atom. The maximum Gasteiger partial charge on any atom is 0.341 e. The number of aliphatic hydroxyl groups is 1. The minimum Gasteiger partial charge on any atom is -0.480 e. The van der Waals surface area contributed by atoms with E-state index in [9.17, 15) is 4.79 Å². The second-order valence-electron chi connectivity index (χ2n) is 4.99. The van der Waals surface area contributed by atoms with Crippen molar-refractivity contribution in [3.63, 3.8) is 0 Å². The van der Waals surface area contributed by atoms with Crippen molar-refractivity contribution in [3.8, 4) is 5.75 Å². The summed E-state index contributed by atoms with van der Waals surface area (Å²) in [5.41, 5.74) is 0. The zero-order valence-electron chi connectivity index (χ0n) is 11.8. The van der Waals surface area contributed by atoms with Crippen LogP contribution in [0.2, 0.25) is 10.0 Å². The van der Waals surface area contributed by atoms with E-state index in [1.54, 1.807) is 6.07 Å². The van der Waals surface area contributed by atoms with Gasteiger partial charge in [-0.2, -0.15) is 0 Å². The lowest BCUT2D eigenvalue weighted by molar-refractivity contribution is -0.870. The molecular formula is C13H20Cl2NO4+. The zero-order chi connectivity index (χ0) is 15.8. The third-order valence-corrected chi connectivity index (χ3v) is 2.55. The molecule has 1 rings (SSSR count). The summed E-state index contributed by atoms with van der Waals surface area (Å²) in [5.74, 6) is -0.737. The Morgan fingerprint density at radius 2 is 1.90 bits per heavy atom. The molecule has 2 N–H and O–H groups in total. The first-order valence-corrected chi connectivity index (χ1v) is 6.62. The monoisotopic (exact) mass is 324 g/mol. The number of hydrogen-bond acceptors (Lipinski definition) is 3. The molecule has 0 saturated heterocycles. The van der Waals surface area contributed by atoms with Crippen LogP contribution in [0.1, 0.15) is 0 Å². The number of hydrogen-bond donors (Lipinski definition) is 2. The predicted molar refractivity (Wildman–Crippen MR) is 79.6 cm³/mol. The maximum atomic E-state index is 10.2. The predicted octanol–water partition coefficient (Wildman–Crippen LogP) is 2.14. The van der Waals surface area contributed by atoms with Crippen LogP contribution in [0.4, 0.5) is 0 Å². The van der Waals surface area contributed by atoms with Gasteiger partial charge in [0.2, 0.25) is 0 Å². The van der Waals surface area contributed by atoms with Gasteiger partial charge >= 0.3 is 5.97 Å². The number of halogens is 2. The molecule has 0 bridgehead atoms. The quantitative estimate of drug-likeness (QED) is 0.814. The fourth-order valence-corrected chi connectivity index (χ4v) is 1.49. The van der Waals surface area contributed by atoms with Crippen LogP contribution in [0, 0.1) is 0 Å². The molecule has 0 unspecified atom stereocenters. The Bertz CT molecular complexity index is 433. The van der Waals surface area contributed by atoms with Crippen molar-refractivity contribution in [1.29, 1.82) is 0 Å². The molecule has 0 spiro atoms. The van der Waals surface area contributed by atoms with Gasteiger partial charge in [-0.25, -0.2) is 4.79 Å². The van der Waals surface area contributed by atoms with E-state index < -0.39 is 12.6 Å². The normalized spacial score (nSPS) is 10.5. The summed E-state index contributed by atoms with van der Waals surface area (Å²) < 4.78 is 5.71. The standard InChI is InChI=1S/C8H6Cl2O3.C5H14NO/c9-5-1-2-7(6(10)3-5)13-4-8(11)12;1-6(2,3)4-5-7/h1-3H,4H2,(H,11,12);7H,4-5H2,1-3H3/q;+1. The minimum absolute atomic E-state index is 0.281. The maximum absolute atomic E-state index is 10.2. The van der Waals surface area contributed by atoms with Crippen molar-refractivity contribution in [1.82, 2.24) is 0 Å². The number of benzene rings is 1. The first-order chi connectivity index (χ1) is 9.15. The van der Waals surface area contributed by atoms with Crippen LogP contribution in [0.25, 0.3) is 0 Å². The van der Waals surface area contributed by atoms with E-state index in [2.05, 4.69) is 21.1 Å². The molecule has 0 aliphatic carbocycles. The molecule has 1 aromatic carbocycles. The number of carboxylic acids is 1. The van der Waals surface area contributed by atoms with E-state index in [1.807, 2.05) is 0 Å². The molecule has 0 amide bonds. The van der Waals surface area contributed by atoms with Crippen LogP contribution >= 0.6 is 23.2 Å². The molecule has 7 heteroatoms. The molecule has 0 saturated carbocycles. The van der Waals surface area contributed by atoms with Gasteiger partial charge in [0.05, 0.1) is 32.8 Å². The van der Waals surface area contributed by atoms with Crippen LogP contribution < -0.4 is 4.74 Å². The molecule has 0 atom stereocenters. The molecule has 0 heterocycles. The van der Waals surface area contributed by atoms with E-state index >= 15 is 0 Å². The van der Waals surface area contributed by atoms with Crippen molar-refractivity contribution in [2.45, 2.75) is 0 Å². The average molecular weight is 325 g/mol. The summed E-state index contributed by atoms with van der Waals surface area (Å²) in [6, 6.07) is 4.58. The third kappa shape index (κ3) is 9.86. The van der Waals surface area contributed by atoms with E-state index in [0.29, 0.717) is 15.8 Å². The highest BCUT2D eigenvalue weighted by atomic mass is 35.5. The fraction of sp³-hybridized carbons (Fsp3) is 0.462. The van der Waals surface area contributed by atoms with E-state index in [1.165, 1.54) is 12.1 Å². The van der Waals surface area contributed by atoms with Gasteiger partial charge in [0.15, 0.2) is 6.61 Å². The number of ether oxygens (including phenoxy) is 1. The smallest absolute Gasteiger partial charge is 0.341 e. The summed E-state index contributed by atoms with van der Waals surface area (Å²) in [6.45, 7) is 0.699. The topological polar surface area (TPSA) is 66.8 Å². The van der Waals surface area contributed by atoms with E-state index in [0.717, 1.165) is 11.0 Å². The first-order valence-electron chi connectivity index (χ1n) is 5.86. The van der Waals surface area contributed by atoms with Gasteiger partial charge in [-0.3, -0.25) is 0 Å². The number of quaternary nitrogens is 1. The number of aliphatic hydroxyl groups excluding tert-OH is 1. The summed E-state index contributed by atoms with van der Waals surface area (Å²) in [4.78, 5) is 10.2. The van der Waals surface area contributed by atoms with Crippen molar-refractivity contribution >= 4 is 29.2 Å². The number of aliphatic carboxylic acids is 1. The Hall–Kier alpha value is -1.01. The third-order valence-electron chi connectivity index (χ3n) is 2.02. The second-order valence-corrected chi connectivity index (χ2v) is 5.84. The van der Waals surface area contributed by atoms with Gasteiger partial charge in [-0.15, -0.1) is 0 Å². The largest absolute Gasteiger partial charge is 0.480 e. The Balaban J connectivity index is 0.000000441. The SMILES string of the molecule is C[N+](C)(C)CCO.O=C(O)COc1ccc(Cl)cc1Cl. The van der Waals surface area contributed by atoms with Crippen LogP contribution in [0.3, 0.4) is 0 Å². The van der Waals surface area contributed by atoms with Gasteiger partial charge in [0.1, 0.15) is 12.3 Å².